The lowest BCUT2D eigenvalue weighted by atomic mass is 10.1. The van der Waals surface area contributed by atoms with E-state index in [9.17, 15) is 18.4 Å². The first-order valence-electron chi connectivity index (χ1n) is 13.6. The van der Waals surface area contributed by atoms with Gasteiger partial charge in [-0.15, -0.1) is 0 Å². The van der Waals surface area contributed by atoms with Gasteiger partial charge in [-0.1, -0.05) is 18.6 Å². The summed E-state index contributed by atoms with van der Waals surface area (Å²) in [5.74, 6) is -0.727. The number of carbonyl (C=O) groups is 2. The quantitative estimate of drug-likeness (QED) is 0.165. The highest BCUT2D eigenvalue weighted by atomic mass is 19.1. The number of nitrogens with zero attached hydrogens (tertiary/aromatic N) is 4. The fraction of sp³-hybridized carbons (Fsp3) is 0.367. The fourth-order valence-corrected chi connectivity index (χ4v) is 4.67. The maximum absolute atomic E-state index is 15.0. The number of ether oxygens (including phenoxy) is 1. The first kappa shape index (κ1) is 29.6. The SMILES string of the molecule is COC(=O)CCCCCNC(=O)Cc1ccc(Nc2ncc(F)c(-c3cc(F)c4nc(C)n(C(C)C)c4c3)n2)cc1. The molecule has 11 heteroatoms. The predicted molar refractivity (Wildman–Crippen MR) is 153 cm³/mol. The highest BCUT2D eigenvalue weighted by Crippen LogP contribution is 2.30. The standard InChI is InChI=1S/C30H34F2N6O3/c1-18(2)38-19(3)35-29-23(31)15-21(16-25(29)38)28-24(32)17-34-30(37-28)36-22-11-9-20(10-12-22)14-26(39)33-13-7-5-6-8-27(40)41-4/h9-12,15-18H,5-8,13-14H2,1-4H3,(H,33,39)(H,34,36,37). The number of methoxy groups -OCH3 is 1. The van der Waals surface area contributed by atoms with Gasteiger partial charge in [-0.3, -0.25) is 9.59 Å². The van der Waals surface area contributed by atoms with Gasteiger partial charge in [0.05, 0.1) is 25.2 Å². The lowest BCUT2D eigenvalue weighted by molar-refractivity contribution is -0.140. The number of imidazole rings is 1. The lowest BCUT2D eigenvalue weighted by Gasteiger charge is -2.12. The molecule has 0 fully saturated rings. The number of unbranched alkanes of at least 4 members (excludes halogenated alkanes) is 2. The van der Waals surface area contributed by atoms with Crippen LogP contribution in [0.2, 0.25) is 0 Å². The van der Waals surface area contributed by atoms with E-state index in [0.29, 0.717) is 30.0 Å². The Morgan fingerprint density at radius 3 is 2.49 bits per heavy atom. The zero-order chi connectivity index (χ0) is 29.5. The average molecular weight is 565 g/mol. The highest BCUT2D eigenvalue weighted by molar-refractivity contribution is 5.83. The summed E-state index contributed by atoms with van der Waals surface area (Å²) in [4.78, 5) is 36.1. The van der Waals surface area contributed by atoms with Crippen LogP contribution in [0.3, 0.4) is 0 Å². The number of anilines is 2. The van der Waals surface area contributed by atoms with E-state index in [4.69, 9.17) is 0 Å². The zero-order valence-corrected chi connectivity index (χ0v) is 23.6. The summed E-state index contributed by atoms with van der Waals surface area (Å²) in [5, 5.41) is 5.92. The van der Waals surface area contributed by atoms with Crippen LogP contribution in [0.1, 0.15) is 57.0 Å². The maximum Gasteiger partial charge on any atom is 0.305 e. The van der Waals surface area contributed by atoms with Gasteiger partial charge in [0.15, 0.2) is 11.6 Å². The molecule has 2 N–H and O–H groups in total. The van der Waals surface area contributed by atoms with Crippen molar-refractivity contribution in [3.8, 4) is 11.3 Å². The summed E-state index contributed by atoms with van der Waals surface area (Å²) >= 11 is 0. The second-order valence-corrected chi connectivity index (χ2v) is 10.1. The molecular formula is C30H34F2N6O3. The van der Waals surface area contributed by atoms with Gasteiger partial charge >= 0.3 is 5.97 Å². The van der Waals surface area contributed by atoms with Crippen molar-refractivity contribution >= 4 is 34.5 Å². The molecule has 0 aliphatic heterocycles. The average Bonchev–Trinajstić information content (AvgIpc) is 3.29. The van der Waals surface area contributed by atoms with Gasteiger partial charge in [-0.2, -0.15) is 0 Å². The molecule has 0 saturated heterocycles. The van der Waals surface area contributed by atoms with Crippen LogP contribution in [0.5, 0.6) is 0 Å². The number of hydrogen-bond donors (Lipinski definition) is 2. The molecular weight excluding hydrogens is 530 g/mol. The Hall–Kier alpha value is -4.41. The third-order valence-electron chi connectivity index (χ3n) is 6.64. The molecule has 1 amide bonds. The fourth-order valence-electron chi connectivity index (χ4n) is 4.67. The second kappa shape index (κ2) is 13.3. The number of hydrogen-bond acceptors (Lipinski definition) is 7. The highest BCUT2D eigenvalue weighted by Gasteiger charge is 2.18. The maximum atomic E-state index is 15.0. The van der Waals surface area contributed by atoms with Crippen molar-refractivity contribution in [3.63, 3.8) is 0 Å². The van der Waals surface area contributed by atoms with Gasteiger partial charge in [0.2, 0.25) is 11.9 Å². The van der Waals surface area contributed by atoms with Crippen molar-refractivity contribution < 1.29 is 23.1 Å². The molecule has 2 aromatic heterocycles. The molecule has 4 rings (SSSR count). The largest absolute Gasteiger partial charge is 0.469 e. The van der Waals surface area contributed by atoms with Crippen LogP contribution in [-0.4, -0.2) is 45.1 Å². The van der Waals surface area contributed by atoms with Gasteiger partial charge in [0.25, 0.3) is 0 Å². The van der Waals surface area contributed by atoms with Crippen molar-refractivity contribution in [2.45, 2.75) is 58.9 Å². The molecule has 0 aliphatic carbocycles. The molecule has 0 atom stereocenters. The van der Waals surface area contributed by atoms with Gasteiger partial charge in [0, 0.05) is 30.3 Å². The smallest absolute Gasteiger partial charge is 0.305 e. The molecule has 0 aliphatic rings. The topological polar surface area (TPSA) is 111 Å². The van der Waals surface area contributed by atoms with Crippen LogP contribution >= 0.6 is 0 Å². The summed E-state index contributed by atoms with van der Waals surface area (Å²) in [5.41, 5.74) is 2.52. The van der Waals surface area contributed by atoms with Crippen molar-refractivity contribution in [1.82, 2.24) is 24.8 Å². The summed E-state index contributed by atoms with van der Waals surface area (Å²) in [6.45, 7) is 6.30. The lowest BCUT2D eigenvalue weighted by Crippen LogP contribution is -2.26. The molecule has 0 spiro atoms. The van der Waals surface area contributed by atoms with E-state index in [1.165, 1.54) is 13.2 Å². The molecule has 41 heavy (non-hydrogen) atoms. The number of halogens is 2. The van der Waals surface area contributed by atoms with Crippen LogP contribution in [-0.2, 0) is 20.7 Å². The molecule has 2 heterocycles. The Morgan fingerprint density at radius 2 is 1.78 bits per heavy atom. The first-order valence-corrected chi connectivity index (χ1v) is 13.6. The normalized spacial score (nSPS) is 11.2. The summed E-state index contributed by atoms with van der Waals surface area (Å²) in [7, 11) is 1.37. The Balaban J connectivity index is 1.39. The van der Waals surface area contributed by atoms with E-state index < -0.39 is 11.6 Å². The predicted octanol–water partition coefficient (Wildman–Crippen LogP) is 5.80. The van der Waals surface area contributed by atoms with Crippen molar-refractivity contribution in [1.29, 1.82) is 0 Å². The molecule has 0 unspecified atom stereocenters. The summed E-state index contributed by atoms with van der Waals surface area (Å²) in [6.07, 6.45) is 3.99. The third-order valence-corrected chi connectivity index (χ3v) is 6.64. The Bertz CT molecular complexity index is 1540. The minimum Gasteiger partial charge on any atom is -0.469 e. The molecule has 9 nitrogen and oxygen atoms in total. The number of rotatable bonds is 12. The monoisotopic (exact) mass is 564 g/mol. The molecule has 4 aromatic rings. The molecule has 0 radical (unpaired) electrons. The molecule has 2 aromatic carbocycles. The van der Waals surface area contributed by atoms with Crippen LogP contribution < -0.4 is 10.6 Å². The third kappa shape index (κ3) is 7.41. The molecule has 216 valence electrons. The second-order valence-electron chi connectivity index (χ2n) is 10.1. The zero-order valence-electron chi connectivity index (χ0n) is 23.6. The van der Waals surface area contributed by atoms with E-state index in [0.717, 1.165) is 31.0 Å². The Labute approximate surface area is 237 Å². The number of nitrogens with one attached hydrogen (secondary N) is 2. The number of aryl methyl sites for hydroxylation is 1. The van der Waals surface area contributed by atoms with Gasteiger partial charge in [-0.25, -0.2) is 23.7 Å². The van der Waals surface area contributed by atoms with E-state index in [1.807, 2.05) is 25.3 Å². The minimum absolute atomic E-state index is 0.0314. The van der Waals surface area contributed by atoms with Crippen LogP contribution in [0, 0.1) is 18.6 Å². The van der Waals surface area contributed by atoms with Crippen molar-refractivity contribution in [2.75, 3.05) is 19.0 Å². The Kier molecular flexibility index (Phi) is 9.59. The Morgan fingerprint density at radius 1 is 1.02 bits per heavy atom. The number of esters is 1. The van der Waals surface area contributed by atoms with E-state index in [2.05, 4.69) is 30.3 Å². The minimum atomic E-state index is -0.675. The molecule has 0 saturated carbocycles. The van der Waals surface area contributed by atoms with Gasteiger partial charge in [-0.05, 0) is 63.4 Å². The van der Waals surface area contributed by atoms with E-state index in [-0.39, 0.29) is 47.1 Å². The first-order chi connectivity index (χ1) is 19.7. The van der Waals surface area contributed by atoms with Gasteiger partial charge < -0.3 is 19.9 Å². The summed E-state index contributed by atoms with van der Waals surface area (Å²) in [6, 6.07) is 10.1. The number of amides is 1. The van der Waals surface area contributed by atoms with Crippen molar-refractivity contribution in [2.24, 2.45) is 0 Å². The number of fused-ring (bicyclic) bond motifs is 1. The molecule has 0 bridgehead atoms. The number of benzene rings is 2. The van der Waals surface area contributed by atoms with Crippen molar-refractivity contribution in [3.05, 3.63) is 65.6 Å². The van der Waals surface area contributed by atoms with Crippen LogP contribution in [0.15, 0.2) is 42.6 Å². The number of aromatic nitrogens is 4. The summed E-state index contributed by atoms with van der Waals surface area (Å²) < 4.78 is 36.3. The van der Waals surface area contributed by atoms with E-state index >= 15 is 0 Å². The van der Waals surface area contributed by atoms with Gasteiger partial charge in [0.1, 0.15) is 17.0 Å². The van der Waals surface area contributed by atoms with E-state index in [1.54, 1.807) is 30.3 Å². The number of carbonyl (C=O) groups excluding carboxylic acids is 2. The van der Waals surface area contributed by atoms with Crippen LogP contribution in [0.4, 0.5) is 20.4 Å². The van der Waals surface area contributed by atoms with Crippen LogP contribution in [0.25, 0.3) is 22.3 Å².